The van der Waals surface area contributed by atoms with Crippen molar-refractivity contribution in [1.82, 2.24) is 0 Å². The van der Waals surface area contributed by atoms with Gasteiger partial charge >= 0.3 is 0 Å². The van der Waals surface area contributed by atoms with Crippen LogP contribution in [0.1, 0.15) is 43.1 Å². The summed E-state index contributed by atoms with van der Waals surface area (Å²) in [5, 5.41) is 0. The first-order chi connectivity index (χ1) is 9.35. The van der Waals surface area contributed by atoms with E-state index >= 15 is 0 Å². The van der Waals surface area contributed by atoms with E-state index in [2.05, 4.69) is 43.7 Å². The van der Waals surface area contributed by atoms with Crippen LogP contribution in [-0.2, 0) is 9.47 Å². The molecule has 5 radical (unpaired) electrons. The molecule has 0 amide bonds. The van der Waals surface area contributed by atoms with Gasteiger partial charge in [0.2, 0.25) is 11.8 Å². The van der Waals surface area contributed by atoms with Gasteiger partial charge in [-0.3, -0.25) is 0 Å². The molecule has 0 unspecified atom stereocenters. The molecule has 4 nitrogen and oxygen atoms in total. The molecule has 0 atom stereocenters. The molecule has 21 heavy (non-hydrogen) atoms. The second-order valence-electron chi connectivity index (χ2n) is 6.51. The van der Waals surface area contributed by atoms with Crippen molar-refractivity contribution in [2.75, 3.05) is 13.2 Å². The van der Waals surface area contributed by atoms with Crippen LogP contribution >= 0.6 is 0 Å². The molecule has 1 aromatic carbocycles. The third-order valence-electron chi connectivity index (χ3n) is 3.19. The Balaban J connectivity index is 0. The summed E-state index contributed by atoms with van der Waals surface area (Å²) in [6.45, 7) is 9.41. The van der Waals surface area contributed by atoms with Crippen LogP contribution in [0.15, 0.2) is 28.2 Å². The SMILES string of the molecule is CC1(C)COC(c2[c]c(C3=NC(C)(C)CO3)ccc2)=N1.[HH].[HH].[HH].[Sn]. The van der Waals surface area contributed by atoms with Crippen molar-refractivity contribution < 1.29 is 13.8 Å². The minimum atomic E-state index is -0.164. The van der Waals surface area contributed by atoms with Crippen molar-refractivity contribution in [3.63, 3.8) is 0 Å². The van der Waals surface area contributed by atoms with Crippen molar-refractivity contribution in [2.45, 2.75) is 38.8 Å². The standard InChI is InChI=1S/C16H19N2O2.Sn.3H2/c1-15(2)9-19-13(17-15)11-6-5-7-12(8-11)14-18-16(3,4)10-20-14;;;;/h5-7H,9-10H2,1-4H3;;3*1H. The third kappa shape index (κ3) is 3.59. The van der Waals surface area contributed by atoms with Crippen LogP contribution in [0.5, 0.6) is 0 Å². The number of hydrogen-bond acceptors (Lipinski definition) is 4. The van der Waals surface area contributed by atoms with E-state index < -0.39 is 0 Å². The van der Waals surface area contributed by atoms with Crippen molar-refractivity contribution in [2.24, 2.45) is 9.98 Å². The maximum Gasteiger partial charge on any atom is 0.217 e. The molecule has 0 spiro atoms. The fraction of sp³-hybridized carbons (Fsp3) is 0.500. The minimum Gasteiger partial charge on any atom is -0.475 e. The molecule has 5 heteroatoms. The molecule has 0 bridgehead atoms. The first-order valence-corrected chi connectivity index (χ1v) is 6.83. The Bertz CT molecular complexity index is 570. The maximum absolute atomic E-state index is 5.65. The van der Waals surface area contributed by atoms with Crippen molar-refractivity contribution in [3.05, 3.63) is 35.4 Å². The second-order valence-corrected chi connectivity index (χ2v) is 6.51. The van der Waals surface area contributed by atoms with Crippen LogP contribution in [-0.4, -0.2) is 60.0 Å². The van der Waals surface area contributed by atoms with Crippen LogP contribution in [0.3, 0.4) is 0 Å². The number of benzene rings is 1. The van der Waals surface area contributed by atoms with Gasteiger partial charge in [-0.1, -0.05) is 6.07 Å². The van der Waals surface area contributed by atoms with E-state index in [-0.39, 0.29) is 39.3 Å². The van der Waals surface area contributed by atoms with E-state index in [1.807, 2.05) is 18.2 Å². The second kappa shape index (κ2) is 5.63. The van der Waals surface area contributed by atoms with E-state index in [1.54, 1.807) is 0 Å². The van der Waals surface area contributed by atoms with Gasteiger partial charge in [-0.05, 0) is 39.8 Å². The molecule has 2 aliphatic heterocycles. The van der Waals surface area contributed by atoms with Gasteiger partial charge in [0.1, 0.15) is 13.2 Å². The zero-order valence-electron chi connectivity index (χ0n) is 12.9. The largest absolute Gasteiger partial charge is 0.475 e. The monoisotopic (exact) mass is 397 g/mol. The molecule has 0 saturated heterocycles. The van der Waals surface area contributed by atoms with Crippen LogP contribution in [0.25, 0.3) is 0 Å². The average molecular weight is 396 g/mol. The van der Waals surface area contributed by atoms with Crippen molar-refractivity contribution in [1.29, 1.82) is 0 Å². The van der Waals surface area contributed by atoms with E-state index in [0.717, 1.165) is 11.1 Å². The Morgan fingerprint density at radius 1 is 0.952 bits per heavy atom. The van der Waals surface area contributed by atoms with Crippen LogP contribution in [0.2, 0.25) is 0 Å². The average Bonchev–Trinajstić information content (AvgIpc) is 2.92. The molecule has 1 aromatic rings. The van der Waals surface area contributed by atoms with Crippen molar-refractivity contribution in [3.8, 4) is 0 Å². The third-order valence-corrected chi connectivity index (χ3v) is 3.19. The first kappa shape index (κ1) is 16.3. The van der Waals surface area contributed by atoms with Gasteiger partial charge in [-0.15, -0.1) is 0 Å². The summed E-state index contributed by atoms with van der Waals surface area (Å²) in [6, 6.07) is 9.14. The summed E-state index contributed by atoms with van der Waals surface area (Å²) in [4.78, 5) is 9.14. The Morgan fingerprint density at radius 3 is 1.71 bits per heavy atom. The summed E-state index contributed by atoms with van der Waals surface area (Å²) in [5.41, 5.74) is 1.37. The topological polar surface area (TPSA) is 43.2 Å². The zero-order chi connectivity index (χ0) is 14.4. The van der Waals surface area contributed by atoms with E-state index in [0.29, 0.717) is 25.0 Å². The molecule has 0 saturated carbocycles. The number of nitrogens with zero attached hydrogens (tertiary/aromatic N) is 2. The Hall–Kier alpha value is -1.04. The van der Waals surface area contributed by atoms with Crippen LogP contribution in [0, 0.1) is 6.07 Å². The molecule has 0 N–H and O–H groups in total. The van der Waals surface area contributed by atoms with E-state index in [1.165, 1.54) is 0 Å². The summed E-state index contributed by atoms with van der Waals surface area (Å²) >= 11 is 0. The van der Waals surface area contributed by atoms with Crippen molar-refractivity contribution >= 4 is 35.7 Å². The van der Waals surface area contributed by atoms with Crippen LogP contribution in [0.4, 0.5) is 0 Å². The van der Waals surface area contributed by atoms with E-state index in [4.69, 9.17) is 9.47 Å². The predicted molar refractivity (Wildman–Crippen MR) is 90.5 cm³/mol. The first-order valence-electron chi connectivity index (χ1n) is 6.83. The fourth-order valence-electron chi connectivity index (χ4n) is 2.16. The van der Waals surface area contributed by atoms with E-state index in [9.17, 15) is 0 Å². The van der Waals surface area contributed by atoms with Gasteiger partial charge in [0.25, 0.3) is 0 Å². The number of rotatable bonds is 2. The molecular formula is C16H25N2O2Sn. The summed E-state index contributed by atoms with van der Waals surface area (Å²) in [5.74, 6) is 1.30. The van der Waals surface area contributed by atoms with Crippen LogP contribution < -0.4 is 0 Å². The number of ether oxygens (including phenoxy) is 2. The van der Waals surface area contributed by atoms with Gasteiger partial charge in [0, 0.05) is 45.4 Å². The smallest absolute Gasteiger partial charge is 0.217 e. The summed E-state index contributed by atoms with van der Waals surface area (Å²) in [6.07, 6.45) is 0. The summed E-state index contributed by atoms with van der Waals surface area (Å²) < 4.78 is 11.3. The quantitative estimate of drug-likeness (QED) is 0.722. The Kier molecular flexibility index (Phi) is 4.38. The predicted octanol–water partition coefficient (Wildman–Crippen LogP) is 2.95. The number of hydrogen-bond donors (Lipinski definition) is 0. The normalized spacial score (nSPS) is 21.7. The van der Waals surface area contributed by atoms with Gasteiger partial charge in [-0.2, -0.15) is 0 Å². The molecule has 115 valence electrons. The molecule has 0 aliphatic carbocycles. The van der Waals surface area contributed by atoms with Gasteiger partial charge in [0.15, 0.2) is 0 Å². The zero-order valence-corrected chi connectivity index (χ0v) is 15.7. The fourth-order valence-corrected chi connectivity index (χ4v) is 2.16. The molecule has 0 fully saturated rings. The molecule has 2 heterocycles. The molecule has 3 rings (SSSR count). The number of aliphatic imine (C=N–C) groups is 2. The maximum atomic E-state index is 5.65. The molecular weight excluding hydrogens is 371 g/mol. The Labute approximate surface area is 147 Å². The summed E-state index contributed by atoms with van der Waals surface area (Å²) in [7, 11) is 0. The van der Waals surface area contributed by atoms with Gasteiger partial charge < -0.3 is 9.47 Å². The van der Waals surface area contributed by atoms with Gasteiger partial charge in [-0.25, -0.2) is 9.98 Å². The molecule has 0 aromatic heterocycles. The van der Waals surface area contributed by atoms with Gasteiger partial charge in [0.05, 0.1) is 11.1 Å². The Morgan fingerprint density at radius 2 is 1.38 bits per heavy atom. The minimum absolute atomic E-state index is 0. The molecule has 2 aliphatic rings.